The van der Waals surface area contributed by atoms with Crippen LogP contribution < -0.4 is 0 Å². The summed E-state index contributed by atoms with van der Waals surface area (Å²) in [6.07, 6.45) is 8.27. The van der Waals surface area contributed by atoms with Gasteiger partial charge in [-0.3, -0.25) is 9.59 Å². The lowest BCUT2D eigenvalue weighted by molar-refractivity contribution is -0.141. The SMILES string of the molecule is CCCCCC(=O)N(CCCC)CC(=O)N(CCc1c[nH]c2ccccc12)Cc1ccccc1. The first kappa shape index (κ1) is 25.5. The summed E-state index contributed by atoms with van der Waals surface area (Å²) in [7, 11) is 0. The summed E-state index contributed by atoms with van der Waals surface area (Å²) in [6, 6.07) is 18.4. The van der Waals surface area contributed by atoms with E-state index in [2.05, 4.69) is 43.1 Å². The molecule has 182 valence electrons. The Morgan fingerprint density at radius 2 is 1.53 bits per heavy atom. The summed E-state index contributed by atoms with van der Waals surface area (Å²) in [5, 5.41) is 1.20. The standard InChI is InChI=1S/C29H39N3O2/c1-3-5-8-17-28(33)31(19-6-4-2)23-29(34)32(22-24-13-9-7-10-14-24)20-18-25-21-30-27-16-12-11-15-26(25)27/h7,9-16,21,30H,3-6,8,17-20,22-23H2,1-2H3. The molecule has 2 amide bonds. The highest BCUT2D eigenvalue weighted by molar-refractivity contribution is 5.85. The molecule has 0 aliphatic rings. The highest BCUT2D eigenvalue weighted by Crippen LogP contribution is 2.19. The van der Waals surface area contributed by atoms with Crippen LogP contribution in [0.3, 0.4) is 0 Å². The molecule has 0 atom stereocenters. The Kier molecular flexibility index (Phi) is 10.2. The van der Waals surface area contributed by atoms with E-state index in [4.69, 9.17) is 0 Å². The van der Waals surface area contributed by atoms with Crippen LogP contribution in [0.5, 0.6) is 0 Å². The number of fused-ring (bicyclic) bond motifs is 1. The Morgan fingerprint density at radius 1 is 0.794 bits per heavy atom. The van der Waals surface area contributed by atoms with Crippen LogP contribution in [0.2, 0.25) is 0 Å². The van der Waals surface area contributed by atoms with Crippen LogP contribution in [0.15, 0.2) is 60.8 Å². The molecule has 3 rings (SSSR count). The Bertz CT molecular complexity index is 1030. The van der Waals surface area contributed by atoms with Crippen molar-refractivity contribution in [1.29, 1.82) is 0 Å². The van der Waals surface area contributed by atoms with Crippen molar-refractivity contribution >= 4 is 22.7 Å². The fraction of sp³-hybridized carbons (Fsp3) is 0.448. The van der Waals surface area contributed by atoms with Crippen molar-refractivity contribution < 1.29 is 9.59 Å². The van der Waals surface area contributed by atoms with Crippen LogP contribution >= 0.6 is 0 Å². The maximum absolute atomic E-state index is 13.5. The molecule has 0 aliphatic heterocycles. The Hall–Kier alpha value is -3.08. The first-order chi connectivity index (χ1) is 16.6. The number of amides is 2. The number of hydrogen-bond donors (Lipinski definition) is 1. The lowest BCUT2D eigenvalue weighted by atomic mass is 10.1. The van der Waals surface area contributed by atoms with E-state index in [1.807, 2.05) is 41.4 Å². The van der Waals surface area contributed by atoms with Crippen molar-refractivity contribution in [2.75, 3.05) is 19.6 Å². The molecule has 5 heteroatoms. The third-order valence-corrected chi connectivity index (χ3v) is 6.35. The van der Waals surface area contributed by atoms with Gasteiger partial charge in [0.2, 0.25) is 11.8 Å². The minimum Gasteiger partial charge on any atom is -0.361 e. The van der Waals surface area contributed by atoms with E-state index in [0.29, 0.717) is 26.1 Å². The molecule has 0 saturated heterocycles. The van der Waals surface area contributed by atoms with E-state index in [0.717, 1.165) is 49.6 Å². The number of aromatic nitrogens is 1. The highest BCUT2D eigenvalue weighted by Gasteiger charge is 2.21. The summed E-state index contributed by atoms with van der Waals surface area (Å²) in [5.74, 6) is 0.121. The van der Waals surface area contributed by atoms with Crippen molar-refractivity contribution in [2.24, 2.45) is 0 Å². The van der Waals surface area contributed by atoms with Gasteiger partial charge in [0.05, 0.1) is 6.54 Å². The van der Waals surface area contributed by atoms with Crippen molar-refractivity contribution in [1.82, 2.24) is 14.8 Å². The lowest BCUT2D eigenvalue weighted by Gasteiger charge is -2.28. The van der Waals surface area contributed by atoms with Crippen molar-refractivity contribution in [2.45, 2.75) is 65.3 Å². The zero-order valence-corrected chi connectivity index (χ0v) is 20.8. The van der Waals surface area contributed by atoms with Crippen LogP contribution in [-0.2, 0) is 22.6 Å². The van der Waals surface area contributed by atoms with Crippen LogP contribution in [-0.4, -0.2) is 46.2 Å². The second-order valence-electron chi connectivity index (χ2n) is 9.04. The molecule has 0 bridgehead atoms. The zero-order valence-electron chi connectivity index (χ0n) is 20.8. The number of unbranched alkanes of at least 4 members (excludes halogenated alkanes) is 3. The Morgan fingerprint density at radius 3 is 2.29 bits per heavy atom. The Balaban J connectivity index is 1.72. The minimum atomic E-state index is 0.0173. The average molecular weight is 462 g/mol. The first-order valence-electron chi connectivity index (χ1n) is 12.8. The normalized spacial score (nSPS) is 11.0. The van der Waals surface area contributed by atoms with Crippen molar-refractivity contribution in [3.8, 4) is 0 Å². The lowest BCUT2D eigenvalue weighted by Crippen LogP contribution is -2.43. The predicted octanol–water partition coefficient (Wildman–Crippen LogP) is 5.95. The number of para-hydroxylation sites is 1. The fourth-order valence-corrected chi connectivity index (χ4v) is 4.28. The molecule has 0 fully saturated rings. The topological polar surface area (TPSA) is 56.4 Å². The van der Waals surface area contributed by atoms with Gasteiger partial charge in [0.15, 0.2) is 0 Å². The number of hydrogen-bond acceptors (Lipinski definition) is 2. The van der Waals surface area contributed by atoms with E-state index in [9.17, 15) is 9.59 Å². The predicted molar refractivity (Wildman–Crippen MR) is 139 cm³/mol. The molecule has 0 unspecified atom stereocenters. The number of carbonyl (C=O) groups is 2. The molecule has 3 aromatic rings. The summed E-state index contributed by atoms with van der Waals surface area (Å²) in [5.41, 5.74) is 3.42. The van der Waals surface area contributed by atoms with Crippen molar-refractivity contribution in [3.05, 3.63) is 71.9 Å². The van der Waals surface area contributed by atoms with E-state index in [1.165, 1.54) is 10.9 Å². The second-order valence-corrected chi connectivity index (χ2v) is 9.04. The van der Waals surface area contributed by atoms with Crippen LogP contribution in [0.4, 0.5) is 0 Å². The molecule has 0 spiro atoms. The molecule has 34 heavy (non-hydrogen) atoms. The van der Waals surface area contributed by atoms with Gasteiger partial charge in [-0.2, -0.15) is 0 Å². The molecular weight excluding hydrogens is 422 g/mol. The third-order valence-electron chi connectivity index (χ3n) is 6.35. The number of H-pyrrole nitrogens is 1. The third kappa shape index (κ3) is 7.47. The molecule has 1 N–H and O–H groups in total. The minimum absolute atomic E-state index is 0.0173. The molecule has 0 saturated carbocycles. The summed E-state index contributed by atoms with van der Waals surface area (Å²) < 4.78 is 0. The molecule has 1 heterocycles. The molecule has 5 nitrogen and oxygen atoms in total. The number of nitrogens with zero attached hydrogens (tertiary/aromatic N) is 2. The van der Waals surface area contributed by atoms with Gasteiger partial charge in [-0.1, -0.05) is 81.6 Å². The molecule has 1 aromatic heterocycles. The monoisotopic (exact) mass is 461 g/mol. The zero-order chi connectivity index (χ0) is 24.2. The summed E-state index contributed by atoms with van der Waals surface area (Å²) in [6.45, 7) is 6.22. The molecule has 0 aliphatic carbocycles. The number of rotatable bonds is 14. The largest absolute Gasteiger partial charge is 0.361 e. The number of benzene rings is 2. The van der Waals surface area contributed by atoms with Gasteiger partial charge in [0.25, 0.3) is 0 Å². The maximum Gasteiger partial charge on any atom is 0.242 e. The van der Waals surface area contributed by atoms with Gasteiger partial charge in [-0.15, -0.1) is 0 Å². The van der Waals surface area contributed by atoms with Crippen molar-refractivity contribution in [3.63, 3.8) is 0 Å². The maximum atomic E-state index is 13.5. The van der Waals surface area contributed by atoms with Gasteiger partial charge in [0, 0.05) is 43.2 Å². The number of aromatic amines is 1. The first-order valence-corrected chi connectivity index (χ1v) is 12.8. The molecular formula is C29H39N3O2. The van der Waals surface area contributed by atoms with Gasteiger partial charge >= 0.3 is 0 Å². The van der Waals surface area contributed by atoms with Crippen LogP contribution in [0, 0.1) is 0 Å². The molecule has 2 aromatic carbocycles. The summed E-state index contributed by atoms with van der Waals surface area (Å²) in [4.78, 5) is 33.4. The fourth-order valence-electron chi connectivity index (χ4n) is 4.28. The highest BCUT2D eigenvalue weighted by atomic mass is 16.2. The molecule has 0 radical (unpaired) electrons. The average Bonchev–Trinajstić information content (AvgIpc) is 3.28. The smallest absolute Gasteiger partial charge is 0.242 e. The van der Waals surface area contributed by atoms with E-state index < -0.39 is 0 Å². The number of nitrogens with one attached hydrogen (secondary N) is 1. The van der Waals surface area contributed by atoms with Crippen LogP contribution in [0.1, 0.15) is 63.5 Å². The second kappa shape index (κ2) is 13.6. The van der Waals surface area contributed by atoms with E-state index in [1.54, 1.807) is 4.90 Å². The quantitative estimate of drug-likeness (QED) is 0.302. The van der Waals surface area contributed by atoms with Gasteiger partial charge in [0.1, 0.15) is 0 Å². The van der Waals surface area contributed by atoms with Crippen LogP contribution in [0.25, 0.3) is 10.9 Å². The van der Waals surface area contributed by atoms with Gasteiger partial charge in [-0.05, 0) is 36.5 Å². The van der Waals surface area contributed by atoms with E-state index >= 15 is 0 Å². The summed E-state index contributed by atoms with van der Waals surface area (Å²) >= 11 is 0. The van der Waals surface area contributed by atoms with E-state index in [-0.39, 0.29) is 18.4 Å². The number of carbonyl (C=O) groups excluding carboxylic acids is 2. The Labute approximate surface area is 204 Å². The van der Waals surface area contributed by atoms with Gasteiger partial charge in [-0.25, -0.2) is 0 Å². The van der Waals surface area contributed by atoms with Gasteiger partial charge < -0.3 is 14.8 Å².